The number of aromatic nitrogens is 1. The predicted octanol–water partition coefficient (Wildman–Crippen LogP) is 4.31. The Bertz CT molecular complexity index is 1010. The summed E-state index contributed by atoms with van der Waals surface area (Å²) in [6.45, 7) is 7.81. The van der Waals surface area contributed by atoms with E-state index in [9.17, 15) is 4.79 Å². The number of amides is 1. The molecule has 1 atom stereocenters. The molecule has 5 nitrogen and oxygen atoms in total. The summed E-state index contributed by atoms with van der Waals surface area (Å²) in [7, 11) is 0. The van der Waals surface area contributed by atoms with Crippen LogP contribution in [0.25, 0.3) is 10.2 Å². The molecule has 31 heavy (non-hydrogen) atoms. The minimum Gasteiger partial charge on any atom is -0.345 e. The zero-order chi connectivity index (χ0) is 21.2. The number of carbonyl (C=O) groups excluding carboxylic acids is 1. The average molecular weight is 435 g/mol. The summed E-state index contributed by atoms with van der Waals surface area (Å²) < 4.78 is 1.26. The second-order valence-corrected chi connectivity index (χ2v) is 9.78. The fourth-order valence-corrected chi connectivity index (χ4v) is 5.76. The number of piperazine rings is 1. The van der Waals surface area contributed by atoms with Crippen LogP contribution in [0, 0.1) is 6.92 Å². The predicted molar refractivity (Wildman–Crippen MR) is 128 cm³/mol. The molecule has 2 fully saturated rings. The van der Waals surface area contributed by atoms with Crippen molar-refractivity contribution in [2.24, 2.45) is 0 Å². The van der Waals surface area contributed by atoms with E-state index in [0.717, 1.165) is 62.8 Å². The third-order valence-corrected chi connectivity index (χ3v) is 7.75. The van der Waals surface area contributed by atoms with Gasteiger partial charge < -0.3 is 9.80 Å². The van der Waals surface area contributed by atoms with Crippen molar-refractivity contribution in [3.8, 4) is 0 Å². The smallest absolute Gasteiger partial charge is 0.222 e. The number of thiazole rings is 1. The van der Waals surface area contributed by atoms with Crippen molar-refractivity contribution in [1.82, 2.24) is 14.8 Å². The lowest BCUT2D eigenvalue weighted by Gasteiger charge is -2.39. The first kappa shape index (κ1) is 20.5. The molecular weight excluding hydrogens is 404 g/mol. The largest absolute Gasteiger partial charge is 0.345 e. The number of hydrogen-bond donors (Lipinski definition) is 0. The van der Waals surface area contributed by atoms with Crippen LogP contribution in [-0.4, -0.2) is 59.5 Å². The zero-order valence-corrected chi connectivity index (χ0v) is 19.0. The fraction of sp³-hybridized carbons (Fsp3) is 0.440. The van der Waals surface area contributed by atoms with E-state index < -0.39 is 0 Å². The first-order chi connectivity index (χ1) is 15.2. The van der Waals surface area contributed by atoms with Crippen molar-refractivity contribution in [1.29, 1.82) is 0 Å². The van der Waals surface area contributed by atoms with E-state index in [2.05, 4.69) is 70.2 Å². The standard InChI is InChI=1S/C25H30N4OS/c1-19-6-8-20(9-7-19)18-29-13-12-21(10-11-24(29)30)27-14-16-28(17-15-27)25-26-22-4-2-3-5-23(22)31-25/h2-9,21H,10-18H2,1H3/t21-/m1/s1. The molecule has 2 aromatic carbocycles. The van der Waals surface area contributed by atoms with Crippen molar-refractivity contribution >= 4 is 32.6 Å². The molecule has 0 unspecified atom stereocenters. The van der Waals surface area contributed by atoms with Crippen LogP contribution >= 0.6 is 11.3 Å². The highest BCUT2D eigenvalue weighted by Gasteiger charge is 2.29. The number of benzene rings is 2. The van der Waals surface area contributed by atoms with Gasteiger partial charge in [0.2, 0.25) is 5.91 Å². The maximum absolute atomic E-state index is 12.7. The average Bonchev–Trinajstić information content (AvgIpc) is 3.15. The number of hydrogen-bond acceptors (Lipinski definition) is 5. The highest BCUT2D eigenvalue weighted by atomic mass is 32.1. The maximum Gasteiger partial charge on any atom is 0.222 e. The molecule has 3 heterocycles. The van der Waals surface area contributed by atoms with Crippen molar-refractivity contribution in [3.05, 3.63) is 59.7 Å². The van der Waals surface area contributed by atoms with Crippen molar-refractivity contribution < 1.29 is 4.79 Å². The normalized spacial score (nSPS) is 20.9. The van der Waals surface area contributed by atoms with E-state index >= 15 is 0 Å². The second kappa shape index (κ2) is 8.97. The summed E-state index contributed by atoms with van der Waals surface area (Å²) in [6, 6.07) is 17.4. The van der Waals surface area contributed by atoms with Gasteiger partial charge in [-0.2, -0.15) is 0 Å². The van der Waals surface area contributed by atoms with Gasteiger partial charge in [-0.1, -0.05) is 53.3 Å². The Hall–Kier alpha value is -2.44. The summed E-state index contributed by atoms with van der Waals surface area (Å²) >= 11 is 1.79. The van der Waals surface area contributed by atoms with Crippen LogP contribution < -0.4 is 4.90 Å². The molecule has 1 amide bonds. The number of fused-ring (bicyclic) bond motifs is 1. The van der Waals surface area contributed by atoms with E-state index in [4.69, 9.17) is 4.98 Å². The molecule has 0 N–H and O–H groups in total. The van der Waals surface area contributed by atoms with Gasteiger partial charge in [0.25, 0.3) is 0 Å². The summed E-state index contributed by atoms with van der Waals surface area (Å²) in [5.74, 6) is 0.302. The topological polar surface area (TPSA) is 39.7 Å². The van der Waals surface area contributed by atoms with Crippen molar-refractivity contribution in [2.75, 3.05) is 37.6 Å². The maximum atomic E-state index is 12.7. The van der Waals surface area contributed by atoms with Crippen LogP contribution in [0.3, 0.4) is 0 Å². The highest BCUT2D eigenvalue weighted by Crippen LogP contribution is 2.30. The number of likely N-dealkylation sites (tertiary alicyclic amines) is 1. The van der Waals surface area contributed by atoms with Crippen LogP contribution in [0.2, 0.25) is 0 Å². The first-order valence-electron chi connectivity index (χ1n) is 11.3. The molecule has 0 radical (unpaired) electrons. The third kappa shape index (κ3) is 4.60. The van der Waals surface area contributed by atoms with Gasteiger partial charge in [-0.15, -0.1) is 0 Å². The van der Waals surface area contributed by atoms with Crippen LogP contribution in [0.5, 0.6) is 0 Å². The summed E-state index contributed by atoms with van der Waals surface area (Å²) in [5, 5.41) is 1.14. The minimum atomic E-state index is 0.302. The van der Waals surface area contributed by atoms with Crippen LogP contribution in [0.15, 0.2) is 48.5 Å². The molecule has 2 aliphatic rings. The van der Waals surface area contributed by atoms with Gasteiger partial charge in [0, 0.05) is 51.7 Å². The lowest BCUT2D eigenvalue weighted by atomic mass is 10.1. The molecule has 0 aliphatic carbocycles. The molecule has 2 saturated heterocycles. The molecule has 3 aromatic rings. The van der Waals surface area contributed by atoms with Gasteiger partial charge in [0.1, 0.15) is 0 Å². The van der Waals surface area contributed by atoms with Crippen LogP contribution in [0.4, 0.5) is 5.13 Å². The van der Waals surface area contributed by atoms with Crippen molar-refractivity contribution in [2.45, 2.75) is 38.8 Å². The van der Waals surface area contributed by atoms with Gasteiger partial charge >= 0.3 is 0 Å². The van der Waals surface area contributed by atoms with Crippen molar-refractivity contribution in [3.63, 3.8) is 0 Å². The molecule has 6 heteroatoms. The lowest BCUT2D eigenvalue weighted by Crippen LogP contribution is -2.50. The van der Waals surface area contributed by atoms with E-state index in [1.807, 2.05) is 0 Å². The van der Waals surface area contributed by atoms with Crippen LogP contribution in [-0.2, 0) is 11.3 Å². The SMILES string of the molecule is Cc1ccc(CN2CC[C@H](N3CCN(c4nc5ccccc5s4)CC3)CCC2=O)cc1. The van der Waals surface area contributed by atoms with Crippen LogP contribution in [0.1, 0.15) is 30.4 Å². The molecule has 0 saturated carbocycles. The Kier molecular flexibility index (Phi) is 5.92. The molecule has 162 valence electrons. The highest BCUT2D eigenvalue weighted by molar-refractivity contribution is 7.22. The monoisotopic (exact) mass is 434 g/mol. The molecule has 0 spiro atoms. The molecular formula is C25H30N4OS. The molecule has 1 aromatic heterocycles. The number of nitrogens with zero attached hydrogens (tertiary/aromatic N) is 4. The van der Waals surface area contributed by atoms with E-state index in [-0.39, 0.29) is 0 Å². The van der Waals surface area contributed by atoms with E-state index in [1.165, 1.54) is 15.8 Å². The summed E-state index contributed by atoms with van der Waals surface area (Å²) in [4.78, 5) is 24.6. The van der Waals surface area contributed by atoms with E-state index in [0.29, 0.717) is 18.4 Å². The third-order valence-electron chi connectivity index (χ3n) is 6.65. The van der Waals surface area contributed by atoms with Gasteiger partial charge in [-0.25, -0.2) is 4.98 Å². The number of carbonyl (C=O) groups is 1. The molecule has 5 rings (SSSR count). The first-order valence-corrected chi connectivity index (χ1v) is 12.2. The lowest BCUT2D eigenvalue weighted by molar-refractivity contribution is -0.131. The zero-order valence-electron chi connectivity index (χ0n) is 18.2. The van der Waals surface area contributed by atoms with E-state index in [1.54, 1.807) is 11.3 Å². The number of para-hydroxylation sites is 1. The number of aryl methyl sites for hydroxylation is 1. The Balaban J connectivity index is 1.17. The fourth-order valence-electron chi connectivity index (χ4n) is 4.74. The van der Waals surface area contributed by atoms with Gasteiger partial charge in [-0.05, 0) is 37.5 Å². The Morgan fingerprint density at radius 2 is 1.74 bits per heavy atom. The summed E-state index contributed by atoms with van der Waals surface area (Å²) in [6.07, 6.45) is 2.71. The minimum absolute atomic E-state index is 0.302. The van der Waals surface area contributed by atoms with Gasteiger partial charge in [0.15, 0.2) is 5.13 Å². The Labute approximate surface area is 188 Å². The molecule has 0 bridgehead atoms. The second-order valence-electron chi connectivity index (χ2n) is 8.77. The van der Waals surface area contributed by atoms with Gasteiger partial charge in [0.05, 0.1) is 10.2 Å². The quantitative estimate of drug-likeness (QED) is 0.614. The number of rotatable bonds is 4. The number of anilines is 1. The Morgan fingerprint density at radius 3 is 2.52 bits per heavy atom. The Morgan fingerprint density at radius 1 is 0.968 bits per heavy atom. The molecule has 2 aliphatic heterocycles. The summed E-state index contributed by atoms with van der Waals surface area (Å²) in [5.41, 5.74) is 3.58. The van der Waals surface area contributed by atoms with Gasteiger partial charge in [-0.3, -0.25) is 9.69 Å².